The molecular formula is C15H19N3O3. The molecule has 0 unspecified atom stereocenters. The zero-order valence-corrected chi connectivity index (χ0v) is 12.0. The van der Waals surface area contributed by atoms with Crippen molar-refractivity contribution in [2.24, 2.45) is 5.92 Å². The van der Waals surface area contributed by atoms with Crippen LogP contribution in [0.1, 0.15) is 29.2 Å². The molecule has 0 bridgehead atoms. The molecule has 0 aromatic carbocycles. The Hall–Kier alpha value is -2.08. The van der Waals surface area contributed by atoms with Gasteiger partial charge in [0.1, 0.15) is 5.76 Å². The van der Waals surface area contributed by atoms with Crippen molar-refractivity contribution in [3.8, 4) is 0 Å². The first kappa shape index (κ1) is 13.9. The number of nitrogens with zero attached hydrogens (tertiary/aromatic N) is 3. The molecule has 1 aliphatic rings. The monoisotopic (exact) mass is 289 g/mol. The molecule has 1 amide bonds. The van der Waals surface area contributed by atoms with Gasteiger partial charge in [-0.2, -0.15) is 5.10 Å². The Kier molecular flexibility index (Phi) is 3.79. The number of furan rings is 1. The highest BCUT2D eigenvalue weighted by molar-refractivity contribution is 5.91. The minimum absolute atomic E-state index is 0.122. The normalized spacial score (nSPS) is 21.0. The molecule has 0 radical (unpaired) electrons. The number of carbonyl (C=O) groups excluding carboxylic acids is 1. The summed E-state index contributed by atoms with van der Waals surface area (Å²) in [6, 6.07) is 5.35. The van der Waals surface area contributed by atoms with Gasteiger partial charge in [0.2, 0.25) is 0 Å². The van der Waals surface area contributed by atoms with E-state index < -0.39 is 0 Å². The van der Waals surface area contributed by atoms with Crippen molar-refractivity contribution in [2.45, 2.75) is 25.5 Å². The zero-order valence-electron chi connectivity index (χ0n) is 12.0. The lowest BCUT2D eigenvalue weighted by Gasteiger charge is -2.34. The highest BCUT2D eigenvalue weighted by atomic mass is 16.4. The molecule has 21 heavy (non-hydrogen) atoms. The molecule has 1 saturated carbocycles. The Balaban J connectivity index is 1.58. The molecule has 0 spiro atoms. The number of hydrogen-bond donors (Lipinski definition) is 1. The summed E-state index contributed by atoms with van der Waals surface area (Å²) in [5.74, 6) is 1.32. The molecule has 112 valence electrons. The molecule has 6 nitrogen and oxygen atoms in total. The van der Waals surface area contributed by atoms with E-state index in [0.717, 1.165) is 12.8 Å². The summed E-state index contributed by atoms with van der Waals surface area (Å²) in [4.78, 5) is 13.9. The van der Waals surface area contributed by atoms with E-state index >= 15 is 0 Å². The molecule has 0 atom stereocenters. The number of aliphatic hydroxyl groups is 1. The molecule has 2 heterocycles. The summed E-state index contributed by atoms with van der Waals surface area (Å²) >= 11 is 0. The molecule has 0 aliphatic heterocycles. The molecule has 2 aromatic rings. The minimum Gasteiger partial charge on any atom is -0.454 e. The van der Waals surface area contributed by atoms with Crippen molar-refractivity contribution in [3.63, 3.8) is 0 Å². The topological polar surface area (TPSA) is 71.5 Å². The van der Waals surface area contributed by atoms with Gasteiger partial charge in [-0.3, -0.25) is 9.48 Å². The maximum atomic E-state index is 12.3. The van der Waals surface area contributed by atoms with Gasteiger partial charge in [-0.15, -0.1) is 0 Å². The average Bonchev–Trinajstić information content (AvgIpc) is 3.08. The Bertz CT molecular complexity index is 599. The maximum absolute atomic E-state index is 12.3. The quantitative estimate of drug-likeness (QED) is 0.902. The van der Waals surface area contributed by atoms with Crippen molar-refractivity contribution in [2.75, 3.05) is 13.6 Å². The standard InChI is InChI=1S/C15H19N3O3/c1-17(9-11-7-12(19)8-11)15(20)14-4-3-13(21-14)10-18-6-2-5-16-18/h2-6,11-12,19H,7-10H2,1H3. The van der Waals surface area contributed by atoms with E-state index in [1.165, 1.54) is 0 Å². The van der Waals surface area contributed by atoms with Gasteiger partial charge in [0, 0.05) is 26.0 Å². The van der Waals surface area contributed by atoms with Crippen molar-refractivity contribution in [3.05, 3.63) is 42.1 Å². The van der Waals surface area contributed by atoms with E-state index in [0.29, 0.717) is 30.5 Å². The number of aromatic nitrogens is 2. The summed E-state index contributed by atoms with van der Waals surface area (Å²) in [6.07, 6.45) is 4.91. The summed E-state index contributed by atoms with van der Waals surface area (Å²) in [6.45, 7) is 1.17. The summed E-state index contributed by atoms with van der Waals surface area (Å²) in [5.41, 5.74) is 0. The smallest absolute Gasteiger partial charge is 0.289 e. The molecule has 0 saturated heterocycles. The first-order chi connectivity index (χ1) is 10.1. The third-order valence-corrected chi connectivity index (χ3v) is 3.84. The highest BCUT2D eigenvalue weighted by Crippen LogP contribution is 2.28. The Morgan fingerprint density at radius 2 is 2.33 bits per heavy atom. The molecular weight excluding hydrogens is 270 g/mol. The van der Waals surface area contributed by atoms with Crippen LogP contribution in [-0.2, 0) is 6.54 Å². The Morgan fingerprint density at radius 3 is 3.00 bits per heavy atom. The van der Waals surface area contributed by atoms with Crippen molar-refractivity contribution < 1.29 is 14.3 Å². The number of hydrogen-bond acceptors (Lipinski definition) is 4. The van der Waals surface area contributed by atoms with Crippen LogP contribution in [0.3, 0.4) is 0 Å². The fourth-order valence-electron chi connectivity index (χ4n) is 2.64. The zero-order chi connectivity index (χ0) is 14.8. The molecule has 1 fully saturated rings. The van der Waals surface area contributed by atoms with Crippen LogP contribution in [0.2, 0.25) is 0 Å². The van der Waals surface area contributed by atoms with Gasteiger partial charge in [0.05, 0.1) is 12.6 Å². The minimum atomic E-state index is -0.192. The maximum Gasteiger partial charge on any atom is 0.289 e. The summed E-state index contributed by atoms with van der Waals surface area (Å²) in [5, 5.41) is 13.4. The van der Waals surface area contributed by atoms with E-state index in [4.69, 9.17) is 4.42 Å². The van der Waals surface area contributed by atoms with Gasteiger partial charge in [0.15, 0.2) is 5.76 Å². The van der Waals surface area contributed by atoms with E-state index in [1.807, 2.05) is 12.3 Å². The van der Waals surface area contributed by atoms with Gasteiger partial charge in [-0.1, -0.05) is 0 Å². The van der Waals surface area contributed by atoms with E-state index in [9.17, 15) is 9.90 Å². The number of amides is 1. The van der Waals surface area contributed by atoms with Gasteiger partial charge in [-0.05, 0) is 37.0 Å². The molecule has 6 heteroatoms. The van der Waals surface area contributed by atoms with E-state index in [1.54, 1.807) is 35.0 Å². The second-order valence-corrected chi connectivity index (χ2v) is 5.65. The average molecular weight is 289 g/mol. The summed E-state index contributed by atoms with van der Waals surface area (Å²) < 4.78 is 7.34. The van der Waals surface area contributed by atoms with Crippen LogP contribution in [0.25, 0.3) is 0 Å². The first-order valence-electron chi connectivity index (χ1n) is 7.11. The molecule has 3 rings (SSSR count). The second-order valence-electron chi connectivity index (χ2n) is 5.65. The largest absolute Gasteiger partial charge is 0.454 e. The van der Waals surface area contributed by atoms with Gasteiger partial charge >= 0.3 is 0 Å². The van der Waals surface area contributed by atoms with Crippen LogP contribution in [0.5, 0.6) is 0 Å². The number of carbonyl (C=O) groups is 1. The van der Waals surface area contributed by atoms with Crippen LogP contribution in [0.4, 0.5) is 0 Å². The second kappa shape index (κ2) is 5.73. The summed E-state index contributed by atoms with van der Waals surface area (Å²) in [7, 11) is 1.77. The number of aliphatic hydroxyl groups excluding tert-OH is 1. The molecule has 1 aliphatic carbocycles. The van der Waals surface area contributed by atoms with Crippen LogP contribution < -0.4 is 0 Å². The number of rotatable bonds is 5. The lowest BCUT2D eigenvalue weighted by molar-refractivity contribution is 0.0257. The SMILES string of the molecule is CN(CC1CC(O)C1)C(=O)c1ccc(Cn2cccn2)o1. The van der Waals surface area contributed by atoms with Crippen LogP contribution in [0, 0.1) is 5.92 Å². The van der Waals surface area contributed by atoms with Crippen LogP contribution in [0.15, 0.2) is 35.0 Å². The fourth-order valence-corrected chi connectivity index (χ4v) is 2.64. The third-order valence-electron chi connectivity index (χ3n) is 3.84. The van der Waals surface area contributed by atoms with Gasteiger partial charge in [0.25, 0.3) is 5.91 Å². The first-order valence-corrected chi connectivity index (χ1v) is 7.11. The highest BCUT2D eigenvalue weighted by Gasteiger charge is 2.29. The lowest BCUT2D eigenvalue weighted by Crippen LogP contribution is -2.39. The van der Waals surface area contributed by atoms with Gasteiger partial charge in [-0.25, -0.2) is 0 Å². The van der Waals surface area contributed by atoms with E-state index in [2.05, 4.69) is 5.10 Å². The molecule has 1 N–H and O–H groups in total. The van der Waals surface area contributed by atoms with Crippen molar-refractivity contribution in [1.82, 2.24) is 14.7 Å². The predicted octanol–water partition coefficient (Wildman–Crippen LogP) is 1.37. The third kappa shape index (κ3) is 3.16. The van der Waals surface area contributed by atoms with Crippen LogP contribution in [-0.4, -0.2) is 45.4 Å². The van der Waals surface area contributed by atoms with Crippen molar-refractivity contribution in [1.29, 1.82) is 0 Å². The predicted molar refractivity (Wildman–Crippen MR) is 75.7 cm³/mol. The van der Waals surface area contributed by atoms with E-state index in [-0.39, 0.29) is 12.0 Å². The Labute approximate surface area is 123 Å². The lowest BCUT2D eigenvalue weighted by atomic mass is 9.82. The Morgan fingerprint density at radius 1 is 1.52 bits per heavy atom. The molecule has 2 aromatic heterocycles. The van der Waals surface area contributed by atoms with Crippen molar-refractivity contribution >= 4 is 5.91 Å². The fraction of sp³-hybridized carbons (Fsp3) is 0.467. The van der Waals surface area contributed by atoms with Crippen LogP contribution >= 0.6 is 0 Å². The van der Waals surface area contributed by atoms with Gasteiger partial charge < -0.3 is 14.4 Å².